The summed E-state index contributed by atoms with van der Waals surface area (Å²) in [5.74, 6) is 1.13. The third-order valence-electron chi connectivity index (χ3n) is 3.09. The number of piperazine rings is 1. The van der Waals surface area contributed by atoms with Crippen molar-refractivity contribution in [2.75, 3.05) is 43.4 Å². The van der Waals surface area contributed by atoms with Crippen molar-refractivity contribution in [1.82, 2.24) is 9.88 Å². The van der Waals surface area contributed by atoms with E-state index >= 15 is 0 Å². The Labute approximate surface area is 101 Å². The van der Waals surface area contributed by atoms with Gasteiger partial charge in [-0.1, -0.05) is 0 Å². The Balaban J connectivity index is 1.97. The molecule has 1 saturated heterocycles. The first-order valence-corrected chi connectivity index (χ1v) is 5.85. The Bertz CT molecular complexity index is 382. The lowest BCUT2D eigenvalue weighted by Crippen LogP contribution is -2.48. The van der Waals surface area contributed by atoms with Gasteiger partial charge in [0.15, 0.2) is 0 Å². The van der Waals surface area contributed by atoms with Gasteiger partial charge in [-0.2, -0.15) is 0 Å². The molecular weight excluding hydrogens is 216 g/mol. The smallest absolute Gasteiger partial charge is 0.219 e. The number of anilines is 2. The minimum Gasteiger partial charge on any atom is -0.387 e. The molecule has 5 nitrogen and oxygen atoms in total. The summed E-state index contributed by atoms with van der Waals surface area (Å²) in [6.45, 7) is 4.89. The zero-order valence-corrected chi connectivity index (χ0v) is 10.3. The van der Waals surface area contributed by atoms with Crippen LogP contribution >= 0.6 is 0 Å². The topological polar surface area (TPSA) is 48.5 Å². The zero-order valence-electron chi connectivity index (χ0n) is 10.3. The van der Waals surface area contributed by atoms with Gasteiger partial charge in [0.2, 0.25) is 5.91 Å². The second kappa shape index (κ2) is 5.03. The molecule has 1 aliphatic rings. The average Bonchev–Trinajstić information content (AvgIpc) is 2.39. The monoisotopic (exact) mass is 234 g/mol. The third-order valence-corrected chi connectivity index (χ3v) is 3.09. The number of rotatable bonds is 2. The Hall–Kier alpha value is -1.78. The van der Waals surface area contributed by atoms with E-state index in [2.05, 4.69) is 15.2 Å². The lowest BCUT2D eigenvalue weighted by Gasteiger charge is -2.34. The van der Waals surface area contributed by atoms with E-state index in [1.807, 2.05) is 30.3 Å². The predicted octanol–water partition coefficient (Wildman–Crippen LogP) is 0.792. The summed E-state index contributed by atoms with van der Waals surface area (Å²) in [6.07, 6.45) is 1.83. The van der Waals surface area contributed by atoms with Crippen LogP contribution in [0.3, 0.4) is 0 Å². The van der Waals surface area contributed by atoms with Crippen molar-refractivity contribution in [3.8, 4) is 0 Å². The minimum atomic E-state index is 0.156. The summed E-state index contributed by atoms with van der Waals surface area (Å²) in [6, 6.07) is 4.02. The molecule has 1 aromatic heterocycles. The van der Waals surface area contributed by atoms with Crippen molar-refractivity contribution in [2.24, 2.45) is 0 Å². The van der Waals surface area contributed by atoms with E-state index in [1.165, 1.54) is 0 Å². The largest absolute Gasteiger partial charge is 0.387 e. The minimum absolute atomic E-state index is 0.156. The molecule has 0 radical (unpaired) electrons. The van der Waals surface area contributed by atoms with E-state index in [1.54, 1.807) is 6.92 Å². The third kappa shape index (κ3) is 2.67. The molecule has 17 heavy (non-hydrogen) atoms. The zero-order chi connectivity index (χ0) is 12.3. The molecule has 0 aromatic carbocycles. The molecule has 2 rings (SSSR count). The van der Waals surface area contributed by atoms with Gasteiger partial charge in [0.05, 0.1) is 11.9 Å². The highest BCUT2D eigenvalue weighted by Crippen LogP contribution is 2.15. The maximum absolute atomic E-state index is 11.2. The molecule has 2 heterocycles. The molecule has 0 spiro atoms. The molecule has 1 amide bonds. The molecule has 1 aromatic rings. The van der Waals surface area contributed by atoms with Crippen LogP contribution in [0, 0.1) is 0 Å². The molecule has 0 unspecified atom stereocenters. The summed E-state index contributed by atoms with van der Waals surface area (Å²) >= 11 is 0. The highest BCUT2D eigenvalue weighted by molar-refractivity contribution is 5.73. The van der Waals surface area contributed by atoms with E-state index < -0.39 is 0 Å². The molecule has 92 valence electrons. The molecular formula is C12H18N4O. The van der Waals surface area contributed by atoms with E-state index in [9.17, 15) is 4.79 Å². The van der Waals surface area contributed by atoms with Gasteiger partial charge in [0, 0.05) is 40.2 Å². The Kier molecular flexibility index (Phi) is 3.46. The van der Waals surface area contributed by atoms with Crippen molar-refractivity contribution in [2.45, 2.75) is 6.92 Å². The Morgan fingerprint density at radius 3 is 2.47 bits per heavy atom. The molecule has 0 bridgehead atoms. The van der Waals surface area contributed by atoms with Crippen molar-refractivity contribution < 1.29 is 4.79 Å². The van der Waals surface area contributed by atoms with Crippen LogP contribution in [0.5, 0.6) is 0 Å². The number of hydrogen-bond donors (Lipinski definition) is 1. The van der Waals surface area contributed by atoms with Crippen LogP contribution in [-0.4, -0.2) is 49.0 Å². The number of nitrogens with one attached hydrogen (secondary N) is 1. The van der Waals surface area contributed by atoms with E-state index in [4.69, 9.17) is 0 Å². The maximum Gasteiger partial charge on any atom is 0.219 e. The molecule has 1 N–H and O–H groups in total. The standard InChI is InChI=1S/C12H18N4O/c1-10(17)15-5-7-16(8-6-15)12-4-3-11(13-2)9-14-12/h3-4,9,13H,5-8H2,1-2H3. The molecule has 0 aliphatic carbocycles. The Morgan fingerprint density at radius 2 is 2.00 bits per heavy atom. The number of carbonyl (C=O) groups excluding carboxylic acids is 1. The fourth-order valence-corrected chi connectivity index (χ4v) is 1.97. The first-order valence-electron chi connectivity index (χ1n) is 5.85. The number of aromatic nitrogens is 1. The summed E-state index contributed by atoms with van der Waals surface area (Å²) in [4.78, 5) is 19.7. The molecule has 0 saturated carbocycles. The number of carbonyl (C=O) groups is 1. The summed E-state index contributed by atoms with van der Waals surface area (Å²) in [7, 11) is 1.88. The average molecular weight is 234 g/mol. The van der Waals surface area contributed by atoms with Crippen LogP contribution in [0.2, 0.25) is 0 Å². The fraction of sp³-hybridized carbons (Fsp3) is 0.500. The fourth-order valence-electron chi connectivity index (χ4n) is 1.97. The van der Waals surface area contributed by atoms with Gasteiger partial charge in [-0.15, -0.1) is 0 Å². The van der Waals surface area contributed by atoms with Crippen molar-refractivity contribution in [3.63, 3.8) is 0 Å². The van der Waals surface area contributed by atoms with Gasteiger partial charge >= 0.3 is 0 Å². The lowest BCUT2D eigenvalue weighted by molar-refractivity contribution is -0.129. The predicted molar refractivity (Wildman–Crippen MR) is 68.3 cm³/mol. The normalized spacial score (nSPS) is 15.9. The van der Waals surface area contributed by atoms with E-state index in [0.717, 1.165) is 37.7 Å². The number of nitrogens with zero attached hydrogens (tertiary/aromatic N) is 3. The second-order valence-corrected chi connectivity index (χ2v) is 4.15. The van der Waals surface area contributed by atoms with Crippen molar-refractivity contribution in [3.05, 3.63) is 18.3 Å². The first kappa shape index (κ1) is 11.7. The second-order valence-electron chi connectivity index (χ2n) is 4.15. The highest BCUT2D eigenvalue weighted by Gasteiger charge is 2.19. The van der Waals surface area contributed by atoms with Crippen LogP contribution in [0.25, 0.3) is 0 Å². The SMILES string of the molecule is CNc1ccc(N2CCN(C(C)=O)CC2)nc1. The van der Waals surface area contributed by atoms with Gasteiger partial charge in [-0.25, -0.2) is 4.98 Å². The van der Waals surface area contributed by atoms with Crippen molar-refractivity contribution >= 4 is 17.4 Å². The first-order chi connectivity index (χ1) is 8.20. The molecule has 1 fully saturated rings. The van der Waals surface area contributed by atoms with Crippen LogP contribution < -0.4 is 10.2 Å². The Morgan fingerprint density at radius 1 is 1.29 bits per heavy atom. The summed E-state index contributed by atoms with van der Waals surface area (Å²) in [5.41, 5.74) is 1.01. The van der Waals surface area contributed by atoms with Crippen LogP contribution in [0.4, 0.5) is 11.5 Å². The summed E-state index contributed by atoms with van der Waals surface area (Å²) < 4.78 is 0. The van der Waals surface area contributed by atoms with Crippen LogP contribution in [-0.2, 0) is 4.79 Å². The maximum atomic E-state index is 11.2. The molecule has 0 atom stereocenters. The number of pyridine rings is 1. The van der Waals surface area contributed by atoms with Crippen LogP contribution in [0.1, 0.15) is 6.92 Å². The van der Waals surface area contributed by atoms with Gasteiger partial charge in [-0.3, -0.25) is 4.79 Å². The van der Waals surface area contributed by atoms with Gasteiger partial charge in [0.25, 0.3) is 0 Å². The van der Waals surface area contributed by atoms with E-state index in [0.29, 0.717) is 0 Å². The lowest BCUT2D eigenvalue weighted by atomic mass is 10.3. The van der Waals surface area contributed by atoms with Gasteiger partial charge < -0.3 is 15.1 Å². The van der Waals surface area contributed by atoms with E-state index in [-0.39, 0.29) is 5.91 Å². The highest BCUT2D eigenvalue weighted by atomic mass is 16.2. The van der Waals surface area contributed by atoms with Gasteiger partial charge in [-0.05, 0) is 12.1 Å². The number of amides is 1. The molecule has 5 heteroatoms. The van der Waals surface area contributed by atoms with Gasteiger partial charge in [0.1, 0.15) is 5.82 Å². The van der Waals surface area contributed by atoms with Crippen molar-refractivity contribution in [1.29, 1.82) is 0 Å². The van der Waals surface area contributed by atoms with Crippen LogP contribution in [0.15, 0.2) is 18.3 Å². The number of hydrogen-bond acceptors (Lipinski definition) is 4. The quantitative estimate of drug-likeness (QED) is 0.822. The summed E-state index contributed by atoms with van der Waals surface area (Å²) in [5, 5.41) is 3.05. The molecule has 1 aliphatic heterocycles.